The lowest BCUT2D eigenvalue weighted by Gasteiger charge is -2.35. The van der Waals surface area contributed by atoms with E-state index in [1.807, 2.05) is 41.3 Å². The van der Waals surface area contributed by atoms with Crippen molar-refractivity contribution in [3.8, 4) is 11.4 Å². The Hall–Kier alpha value is -4.80. The highest BCUT2D eigenvalue weighted by Crippen LogP contribution is 2.25. The van der Waals surface area contributed by atoms with Crippen LogP contribution in [0.1, 0.15) is 10.4 Å². The molecule has 0 saturated carbocycles. The average Bonchev–Trinajstić information content (AvgIpc) is 3.37. The van der Waals surface area contributed by atoms with Crippen LogP contribution < -0.4 is 15.3 Å². The summed E-state index contributed by atoms with van der Waals surface area (Å²) in [6, 6.07) is 16.2. The van der Waals surface area contributed by atoms with E-state index in [1.54, 1.807) is 34.9 Å². The monoisotopic (exact) mass is 483 g/mol. The molecule has 5 aromatic rings. The van der Waals surface area contributed by atoms with Gasteiger partial charge in [-0.2, -0.15) is 4.68 Å². The summed E-state index contributed by atoms with van der Waals surface area (Å²) in [5.74, 6) is 1.05. The van der Waals surface area contributed by atoms with Gasteiger partial charge in [0, 0.05) is 31.6 Å². The lowest BCUT2D eigenvalue weighted by atomic mass is 10.1. The molecule has 0 bridgehead atoms. The number of hydrogen-bond donors (Lipinski definition) is 0. The van der Waals surface area contributed by atoms with Crippen LogP contribution in [0.4, 0.5) is 5.82 Å². The van der Waals surface area contributed by atoms with Gasteiger partial charge in [-0.25, -0.2) is 14.8 Å². The largest absolute Gasteiger partial charge is 0.497 e. The van der Waals surface area contributed by atoms with Crippen LogP contribution in [0.25, 0.3) is 27.8 Å². The highest BCUT2D eigenvalue weighted by molar-refractivity contribution is 5.96. The molecule has 0 radical (unpaired) electrons. The predicted octanol–water partition coefficient (Wildman–Crippen LogP) is 2.29. The molecule has 0 N–H and O–H groups in total. The van der Waals surface area contributed by atoms with Crippen LogP contribution in [0.5, 0.6) is 5.75 Å². The first kappa shape index (κ1) is 21.7. The maximum atomic E-state index is 13.1. The van der Waals surface area contributed by atoms with Crippen molar-refractivity contribution < 1.29 is 13.9 Å². The van der Waals surface area contributed by atoms with Crippen molar-refractivity contribution >= 4 is 33.9 Å². The third kappa shape index (κ3) is 3.70. The second-order valence-electron chi connectivity index (χ2n) is 8.33. The molecule has 1 aliphatic rings. The Balaban J connectivity index is 1.22. The molecule has 6 rings (SSSR count). The van der Waals surface area contributed by atoms with E-state index in [-0.39, 0.29) is 11.5 Å². The van der Waals surface area contributed by atoms with E-state index < -0.39 is 5.63 Å². The average molecular weight is 483 g/mol. The maximum Gasteiger partial charge on any atom is 0.349 e. The van der Waals surface area contributed by atoms with E-state index in [0.717, 1.165) is 11.4 Å². The summed E-state index contributed by atoms with van der Waals surface area (Å²) in [7, 11) is 1.61. The second-order valence-corrected chi connectivity index (χ2v) is 8.33. The van der Waals surface area contributed by atoms with Gasteiger partial charge in [-0.05, 0) is 36.4 Å². The van der Waals surface area contributed by atoms with Crippen LogP contribution in [0.3, 0.4) is 0 Å². The summed E-state index contributed by atoms with van der Waals surface area (Å²) in [4.78, 5) is 38.1. The molecule has 0 unspecified atom stereocenters. The fraction of sp³-hybridized carbons (Fsp3) is 0.200. The fourth-order valence-corrected chi connectivity index (χ4v) is 4.37. The zero-order valence-electron chi connectivity index (χ0n) is 19.4. The third-order valence-electron chi connectivity index (χ3n) is 6.27. The Morgan fingerprint density at radius 2 is 1.78 bits per heavy atom. The van der Waals surface area contributed by atoms with Gasteiger partial charge in [-0.1, -0.05) is 23.4 Å². The van der Waals surface area contributed by atoms with Crippen molar-refractivity contribution in [2.45, 2.75) is 0 Å². The number of rotatable bonds is 4. The summed E-state index contributed by atoms with van der Waals surface area (Å²) >= 11 is 0. The van der Waals surface area contributed by atoms with Gasteiger partial charge < -0.3 is 19.0 Å². The molecule has 1 aliphatic heterocycles. The van der Waals surface area contributed by atoms with Crippen LogP contribution >= 0.6 is 0 Å². The normalized spacial score (nSPS) is 13.9. The highest BCUT2D eigenvalue weighted by atomic mass is 16.5. The molecule has 1 saturated heterocycles. The predicted molar refractivity (Wildman–Crippen MR) is 132 cm³/mol. The van der Waals surface area contributed by atoms with E-state index in [0.29, 0.717) is 54.1 Å². The Morgan fingerprint density at radius 1 is 1.00 bits per heavy atom. The van der Waals surface area contributed by atoms with Crippen molar-refractivity contribution in [2.75, 3.05) is 38.2 Å². The number of fused-ring (bicyclic) bond motifs is 2. The Kier molecular flexibility index (Phi) is 5.29. The number of nitrogens with zero attached hydrogens (tertiary/aromatic N) is 7. The molecule has 11 heteroatoms. The van der Waals surface area contributed by atoms with Gasteiger partial charge in [0.1, 0.15) is 23.2 Å². The van der Waals surface area contributed by atoms with E-state index in [9.17, 15) is 9.59 Å². The number of aromatic nitrogens is 5. The van der Waals surface area contributed by atoms with Gasteiger partial charge >= 0.3 is 5.63 Å². The molecular formula is C25H21N7O4. The van der Waals surface area contributed by atoms with Crippen molar-refractivity contribution in [1.29, 1.82) is 0 Å². The number of hydrogen-bond acceptors (Lipinski definition) is 9. The van der Waals surface area contributed by atoms with Crippen LogP contribution in [0.15, 0.2) is 70.1 Å². The molecule has 36 heavy (non-hydrogen) atoms. The van der Waals surface area contributed by atoms with Crippen molar-refractivity contribution in [3.63, 3.8) is 0 Å². The Morgan fingerprint density at radius 3 is 2.56 bits per heavy atom. The van der Waals surface area contributed by atoms with E-state index >= 15 is 0 Å². The molecule has 4 heterocycles. The molecular weight excluding hydrogens is 462 g/mol. The Bertz CT molecular complexity index is 1640. The van der Waals surface area contributed by atoms with Crippen molar-refractivity contribution in [3.05, 3.63) is 76.9 Å². The van der Waals surface area contributed by atoms with Crippen LogP contribution in [-0.4, -0.2) is 69.1 Å². The van der Waals surface area contributed by atoms with Gasteiger partial charge in [0.15, 0.2) is 17.0 Å². The van der Waals surface area contributed by atoms with Crippen molar-refractivity contribution in [1.82, 2.24) is 29.9 Å². The minimum absolute atomic E-state index is 0.0361. The van der Waals surface area contributed by atoms with Gasteiger partial charge in [0.2, 0.25) is 0 Å². The maximum absolute atomic E-state index is 13.1. The number of methoxy groups -OCH3 is 1. The van der Waals surface area contributed by atoms with Gasteiger partial charge in [0.05, 0.1) is 12.8 Å². The summed E-state index contributed by atoms with van der Waals surface area (Å²) in [5.41, 5.74) is 1.82. The Labute approximate surface area is 204 Å². The minimum Gasteiger partial charge on any atom is -0.497 e. The van der Waals surface area contributed by atoms with Gasteiger partial charge in [0.25, 0.3) is 5.91 Å². The minimum atomic E-state index is -0.631. The SMILES string of the molecule is COc1ccc(-n2nnc3c(N4CCN(C(=O)c5cc6ccccc6oc5=O)CC4)ncnc32)cc1. The first-order valence-corrected chi connectivity index (χ1v) is 11.4. The molecule has 2 aromatic carbocycles. The summed E-state index contributed by atoms with van der Waals surface area (Å²) in [5, 5.41) is 9.33. The zero-order valence-corrected chi connectivity index (χ0v) is 19.4. The number of anilines is 1. The standard InChI is InChI=1S/C25H21N7O4/c1-35-18-8-6-17(7-9-18)32-23-21(28-29-32)22(26-15-27-23)30-10-12-31(13-11-30)24(33)19-14-16-4-2-3-5-20(16)36-25(19)34/h2-9,14-15H,10-13H2,1H3. The lowest BCUT2D eigenvalue weighted by molar-refractivity contribution is 0.0742. The summed E-state index contributed by atoms with van der Waals surface area (Å²) in [6.07, 6.45) is 1.48. The molecule has 3 aromatic heterocycles. The molecule has 0 spiro atoms. The van der Waals surface area contributed by atoms with E-state index in [2.05, 4.69) is 20.3 Å². The number of carbonyl (C=O) groups excluding carboxylic acids is 1. The van der Waals surface area contributed by atoms with Crippen LogP contribution in [0, 0.1) is 0 Å². The van der Waals surface area contributed by atoms with E-state index in [1.165, 1.54) is 6.33 Å². The van der Waals surface area contributed by atoms with Crippen LogP contribution in [0.2, 0.25) is 0 Å². The zero-order chi connectivity index (χ0) is 24.6. The first-order chi connectivity index (χ1) is 17.6. The highest BCUT2D eigenvalue weighted by Gasteiger charge is 2.27. The fourth-order valence-electron chi connectivity index (χ4n) is 4.37. The van der Waals surface area contributed by atoms with Gasteiger partial charge in [-0.15, -0.1) is 5.10 Å². The van der Waals surface area contributed by atoms with Crippen molar-refractivity contribution in [2.24, 2.45) is 0 Å². The number of carbonyl (C=O) groups is 1. The first-order valence-electron chi connectivity index (χ1n) is 11.4. The topological polar surface area (TPSA) is 119 Å². The number of para-hydroxylation sites is 1. The lowest BCUT2D eigenvalue weighted by Crippen LogP contribution is -2.49. The van der Waals surface area contributed by atoms with E-state index in [4.69, 9.17) is 9.15 Å². The third-order valence-corrected chi connectivity index (χ3v) is 6.27. The molecule has 0 aliphatic carbocycles. The smallest absolute Gasteiger partial charge is 0.349 e. The molecule has 180 valence electrons. The number of ether oxygens (including phenoxy) is 1. The number of amides is 1. The summed E-state index contributed by atoms with van der Waals surface area (Å²) in [6.45, 7) is 1.88. The molecule has 11 nitrogen and oxygen atoms in total. The molecule has 1 amide bonds. The molecule has 1 fully saturated rings. The number of piperazine rings is 1. The van der Waals surface area contributed by atoms with Crippen LogP contribution in [-0.2, 0) is 0 Å². The molecule has 0 atom stereocenters. The second kappa shape index (κ2) is 8.77. The summed E-state index contributed by atoms with van der Waals surface area (Å²) < 4.78 is 12.2. The van der Waals surface area contributed by atoms with Gasteiger partial charge in [-0.3, -0.25) is 4.79 Å². The number of benzene rings is 2. The quantitative estimate of drug-likeness (QED) is 0.355.